The SMILES string of the molecule is C[C@H]1Cc2ccccc2N1C(=O)COC(=O)CNC(=O)CC12CC3CC(CC(C3)C1)C2. The van der Waals surface area contributed by atoms with Crippen molar-refractivity contribution in [1.29, 1.82) is 0 Å². The highest BCUT2D eigenvalue weighted by Crippen LogP contribution is 2.61. The number of para-hydroxylation sites is 1. The van der Waals surface area contributed by atoms with Gasteiger partial charge in [-0.2, -0.15) is 0 Å². The van der Waals surface area contributed by atoms with E-state index in [-0.39, 0.29) is 36.4 Å². The molecule has 31 heavy (non-hydrogen) atoms. The summed E-state index contributed by atoms with van der Waals surface area (Å²) >= 11 is 0. The van der Waals surface area contributed by atoms with Gasteiger partial charge in [-0.05, 0) is 86.7 Å². The summed E-state index contributed by atoms with van der Waals surface area (Å²) in [5.74, 6) is 1.54. The summed E-state index contributed by atoms with van der Waals surface area (Å²) < 4.78 is 5.18. The van der Waals surface area contributed by atoms with E-state index in [0.29, 0.717) is 6.42 Å². The highest BCUT2D eigenvalue weighted by Gasteiger charge is 2.51. The lowest BCUT2D eigenvalue weighted by Crippen LogP contribution is -2.48. The molecular formula is C25H32N2O4. The molecule has 1 aromatic carbocycles. The normalized spacial score (nSPS) is 32.6. The molecular weight excluding hydrogens is 392 g/mol. The molecule has 1 aromatic rings. The molecule has 5 aliphatic rings. The van der Waals surface area contributed by atoms with E-state index in [4.69, 9.17) is 4.74 Å². The van der Waals surface area contributed by atoms with Crippen LogP contribution in [0.5, 0.6) is 0 Å². The van der Waals surface area contributed by atoms with Gasteiger partial charge in [0, 0.05) is 18.2 Å². The maximum atomic E-state index is 12.6. The molecule has 4 bridgehead atoms. The highest BCUT2D eigenvalue weighted by atomic mass is 16.5. The minimum absolute atomic E-state index is 0.0450. The van der Waals surface area contributed by atoms with Gasteiger partial charge in [-0.3, -0.25) is 14.4 Å². The van der Waals surface area contributed by atoms with Crippen LogP contribution in [0, 0.1) is 23.2 Å². The molecule has 1 aliphatic heterocycles. The van der Waals surface area contributed by atoms with Crippen molar-refractivity contribution in [3.63, 3.8) is 0 Å². The van der Waals surface area contributed by atoms with Crippen molar-refractivity contribution in [2.45, 2.75) is 64.3 Å². The van der Waals surface area contributed by atoms with Crippen molar-refractivity contribution >= 4 is 23.5 Å². The van der Waals surface area contributed by atoms with Crippen LogP contribution in [-0.2, 0) is 25.5 Å². The lowest BCUT2D eigenvalue weighted by molar-refractivity contribution is -0.148. The Morgan fingerprint density at radius 3 is 2.39 bits per heavy atom. The molecule has 2 amide bonds. The molecule has 4 aliphatic carbocycles. The Labute approximate surface area is 183 Å². The summed E-state index contributed by atoms with van der Waals surface area (Å²) in [7, 11) is 0. The monoisotopic (exact) mass is 424 g/mol. The van der Waals surface area contributed by atoms with Gasteiger partial charge >= 0.3 is 5.97 Å². The minimum atomic E-state index is -0.563. The second kappa shape index (κ2) is 7.95. The molecule has 0 radical (unpaired) electrons. The van der Waals surface area contributed by atoms with Gasteiger partial charge in [0.05, 0.1) is 0 Å². The summed E-state index contributed by atoms with van der Waals surface area (Å²) in [5.41, 5.74) is 2.17. The lowest BCUT2D eigenvalue weighted by Gasteiger charge is -2.56. The van der Waals surface area contributed by atoms with Gasteiger partial charge in [0.25, 0.3) is 5.91 Å². The van der Waals surface area contributed by atoms with E-state index in [9.17, 15) is 14.4 Å². The standard InChI is InChI=1S/C25H32N2O4/c1-16-6-20-4-2-3-5-21(20)27(16)23(29)15-31-24(30)14-26-22(28)13-25-10-17-7-18(11-25)9-19(8-17)12-25/h2-5,16-19H,6-15H2,1H3,(H,26,28)/t16-,17?,18?,19?,25?/m0/s1. The first-order valence-corrected chi connectivity index (χ1v) is 11.7. The largest absolute Gasteiger partial charge is 0.454 e. The molecule has 6 rings (SSSR count). The van der Waals surface area contributed by atoms with Crippen molar-refractivity contribution in [3.8, 4) is 0 Å². The van der Waals surface area contributed by atoms with E-state index < -0.39 is 5.97 Å². The van der Waals surface area contributed by atoms with Gasteiger partial charge in [0.1, 0.15) is 6.54 Å². The van der Waals surface area contributed by atoms with E-state index in [1.165, 1.54) is 38.5 Å². The molecule has 6 heteroatoms. The number of hydrogen-bond donors (Lipinski definition) is 1. The van der Waals surface area contributed by atoms with Crippen molar-refractivity contribution in [2.75, 3.05) is 18.1 Å². The predicted molar refractivity (Wildman–Crippen MR) is 116 cm³/mol. The van der Waals surface area contributed by atoms with E-state index in [1.54, 1.807) is 4.90 Å². The van der Waals surface area contributed by atoms with Crippen LogP contribution in [0.3, 0.4) is 0 Å². The Morgan fingerprint density at radius 1 is 1.06 bits per heavy atom. The smallest absolute Gasteiger partial charge is 0.325 e. The third-order valence-electron chi connectivity index (χ3n) is 7.96. The van der Waals surface area contributed by atoms with E-state index in [1.807, 2.05) is 31.2 Å². The number of benzene rings is 1. The molecule has 1 N–H and O–H groups in total. The number of anilines is 1. The number of ether oxygens (including phenoxy) is 1. The van der Waals surface area contributed by atoms with E-state index in [0.717, 1.165) is 35.4 Å². The fourth-order valence-corrected chi connectivity index (χ4v) is 7.29. The Hall–Kier alpha value is -2.37. The number of esters is 1. The van der Waals surface area contributed by atoms with Crippen LogP contribution in [0.4, 0.5) is 5.69 Å². The zero-order chi connectivity index (χ0) is 21.6. The van der Waals surface area contributed by atoms with Gasteiger partial charge in [0.2, 0.25) is 5.91 Å². The first-order valence-electron chi connectivity index (χ1n) is 11.7. The molecule has 0 unspecified atom stereocenters. The number of fused-ring (bicyclic) bond motifs is 1. The average molecular weight is 425 g/mol. The molecule has 166 valence electrons. The number of nitrogens with zero attached hydrogens (tertiary/aromatic N) is 1. The van der Waals surface area contributed by atoms with Crippen molar-refractivity contribution in [1.82, 2.24) is 5.32 Å². The second-order valence-corrected chi connectivity index (χ2v) is 10.5. The van der Waals surface area contributed by atoms with Gasteiger partial charge in [0.15, 0.2) is 6.61 Å². The summed E-state index contributed by atoms with van der Waals surface area (Å²) in [6.07, 6.45) is 8.87. The lowest BCUT2D eigenvalue weighted by atomic mass is 9.49. The number of amides is 2. The highest BCUT2D eigenvalue weighted by molar-refractivity contribution is 5.98. The van der Waals surface area contributed by atoms with Crippen LogP contribution in [0.15, 0.2) is 24.3 Å². The number of carbonyl (C=O) groups excluding carboxylic acids is 3. The zero-order valence-electron chi connectivity index (χ0n) is 18.3. The Balaban J connectivity index is 1.08. The predicted octanol–water partition coefficient (Wildman–Crippen LogP) is 3.23. The van der Waals surface area contributed by atoms with E-state index >= 15 is 0 Å². The van der Waals surface area contributed by atoms with E-state index in [2.05, 4.69) is 5.32 Å². The molecule has 6 nitrogen and oxygen atoms in total. The van der Waals surface area contributed by atoms with Crippen LogP contribution in [0.1, 0.15) is 57.4 Å². The van der Waals surface area contributed by atoms with Crippen molar-refractivity contribution < 1.29 is 19.1 Å². The topological polar surface area (TPSA) is 75.7 Å². The van der Waals surface area contributed by atoms with Gasteiger partial charge in [-0.15, -0.1) is 0 Å². The van der Waals surface area contributed by atoms with Gasteiger partial charge in [-0.25, -0.2) is 0 Å². The summed E-state index contributed by atoms with van der Waals surface area (Å²) in [6.45, 7) is 1.51. The Bertz CT molecular complexity index is 860. The van der Waals surface area contributed by atoms with Gasteiger partial charge in [-0.1, -0.05) is 18.2 Å². The zero-order valence-corrected chi connectivity index (χ0v) is 18.3. The molecule has 4 saturated carbocycles. The molecule has 0 aromatic heterocycles. The quantitative estimate of drug-likeness (QED) is 0.712. The van der Waals surface area contributed by atoms with Crippen LogP contribution >= 0.6 is 0 Å². The van der Waals surface area contributed by atoms with Crippen LogP contribution in [0.2, 0.25) is 0 Å². The summed E-state index contributed by atoms with van der Waals surface area (Å²) in [6, 6.07) is 7.85. The van der Waals surface area contributed by atoms with Crippen molar-refractivity contribution in [3.05, 3.63) is 29.8 Å². The average Bonchev–Trinajstić information content (AvgIpc) is 3.05. The number of nitrogens with one attached hydrogen (secondary N) is 1. The third kappa shape index (κ3) is 4.09. The molecule has 1 heterocycles. The minimum Gasteiger partial charge on any atom is -0.454 e. The maximum Gasteiger partial charge on any atom is 0.325 e. The Kier molecular flexibility index (Phi) is 5.27. The Morgan fingerprint density at radius 2 is 1.71 bits per heavy atom. The molecule has 1 atom stereocenters. The summed E-state index contributed by atoms with van der Waals surface area (Å²) in [4.78, 5) is 39.1. The molecule has 4 fully saturated rings. The van der Waals surface area contributed by atoms with Gasteiger partial charge < -0.3 is 15.0 Å². The summed E-state index contributed by atoms with van der Waals surface area (Å²) in [5, 5.41) is 2.74. The number of hydrogen-bond acceptors (Lipinski definition) is 4. The fraction of sp³-hybridized carbons (Fsp3) is 0.640. The molecule has 0 saturated heterocycles. The number of rotatable bonds is 6. The molecule has 0 spiro atoms. The van der Waals surface area contributed by atoms with Crippen LogP contribution in [-0.4, -0.2) is 37.0 Å². The van der Waals surface area contributed by atoms with Crippen molar-refractivity contribution in [2.24, 2.45) is 23.2 Å². The first kappa shape index (κ1) is 20.5. The first-order chi connectivity index (χ1) is 14.9. The number of carbonyl (C=O) groups is 3. The fourth-order valence-electron chi connectivity index (χ4n) is 7.29. The van der Waals surface area contributed by atoms with Crippen LogP contribution in [0.25, 0.3) is 0 Å². The van der Waals surface area contributed by atoms with Crippen LogP contribution < -0.4 is 10.2 Å². The second-order valence-electron chi connectivity index (χ2n) is 10.5. The third-order valence-corrected chi connectivity index (χ3v) is 7.96. The maximum absolute atomic E-state index is 12.6.